The first kappa shape index (κ1) is 20.5. The van der Waals surface area contributed by atoms with Crippen LogP contribution in [0.3, 0.4) is 0 Å². The zero-order chi connectivity index (χ0) is 19.8. The standard InChI is InChI=1S/C18H28BrN3O4Si/c1-27(2,3)7-6-26-11-21-16(19)10-15(20-21)17(23)22-13-4-5-14(22)9-12(8-13)18(24)25/h10,12-14H,4-9,11H2,1-3H3,(H,24,25)/t12?,13-,14?/m0/s1. The molecule has 3 heterocycles. The lowest BCUT2D eigenvalue weighted by Gasteiger charge is -2.37. The van der Waals surface area contributed by atoms with Gasteiger partial charge in [0.15, 0.2) is 5.69 Å². The van der Waals surface area contributed by atoms with Crippen molar-refractivity contribution in [1.82, 2.24) is 14.7 Å². The van der Waals surface area contributed by atoms with Crippen molar-refractivity contribution in [2.45, 2.75) is 70.2 Å². The van der Waals surface area contributed by atoms with Gasteiger partial charge in [-0.15, -0.1) is 0 Å². The largest absolute Gasteiger partial charge is 0.481 e. The lowest BCUT2D eigenvalue weighted by molar-refractivity contribution is -0.144. The molecule has 1 aromatic heterocycles. The molecule has 2 saturated heterocycles. The van der Waals surface area contributed by atoms with Gasteiger partial charge in [0, 0.05) is 32.8 Å². The molecule has 1 N–H and O–H groups in total. The van der Waals surface area contributed by atoms with Crippen LogP contribution in [0, 0.1) is 5.92 Å². The SMILES string of the molecule is C[Si](C)(C)CCOCn1nc(C(=O)N2C3CC[C@H]2CC(C(=O)O)C3)cc1Br. The summed E-state index contributed by atoms with van der Waals surface area (Å²) in [5.74, 6) is -1.19. The third kappa shape index (κ3) is 4.81. The molecule has 3 rings (SSSR count). The van der Waals surface area contributed by atoms with Crippen molar-refractivity contribution in [3.05, 3.63) is 16.4 Å². The molecule has 2 bridgehead atoms. The molecule has 9 heteroatoms. The van der Waals surface area contributed by atoms with Crippen LogP contribution in [0.5, 0.6) is 0 Å². The third-order valence-electron chi connectivity index (χ3n) is 5.48. The van der Waals surface area contributed by atoms with Gasteiger partial charge in [0.05, 0.1) is 5.92 Å². The molecule has 2 fully saturated rings. The number of nitrogens with zero attached hydrogens (tertiary/aromatic N) is 3. The molecule has 2 aliphatic rings. The predicted octanol–water partition coefficient (Wildman–Crippen LogP) is 3.43. The smallest absolute Gasteiger partial charge is 0.306 e. The van der Waals surface area contributed by atoms with Crippen LogP contribution in [0.15, 0.2) is 10.7 Å². The zero-order valence-corrected chi connectivity index (χ0v) is 18.7. The summed E-state index contributed by atoms with van der Waals surface area (Å²) in [6.45, 7) is 7.92. The summed E-state index contributed by atoms with van der Waals surface area (Å²) in [6.07, 6.45) is 2.84. The van der Waals surface area contributed by atoms with Crippen LogP contribution >= 0.6 is 15.9 Å². The van der Waals surface area contributed by atoms with E-state index in [0.717, 1.165) is 18.9 Å². The number of carboxylic acids is 1. The molecule has 0 saturated carbocycles. The molecule has 2 aliphatic heterocycles. The van der Waals surface area contributed by atoms with E-state index < -0.39 is 14.0 Å². The topological polar surface area (TPSA) is 84.7 Å². The average Bonchev–Trinajstić information content (AvgIpc) is 3.07. The molecular weight excluding hydrogens is 430 g/mol. The van der Waals surface area contributed by atoms with Gasteiger partial charge in [-0.05, 0) is 47.7 Å². The van der Waals surface area contributed by atoms with Gasteiger partial charge >= 0.3 is 5.97 Å². The Bertz CT molecular complexity index is 704. The minimum Gasteiger partial charge on any atom is -0.481 e. The van der Waals surface area contributed by atoms with Crippen molar-refractivity contribution in [2.24, 2.45) is 5.92 Å². The van der Waals surface area contributed by atoms with Gasteiger partial charge < -0.3 is 14.7 Å². The summed E-state index contributed by atoms with van der Waals surface area (Å²) >= 11 is 3.46. The maximum atomic E-state index is 13.0. The Kier molecular flexibility index (Phi) is 6.12. The van der Waals surface area contributed by atoms with Gasteiger partial charge in [-0.2, -0.15) is 5.10 Å². The Morgan fingerprint density at radius 1 is 1.30 bits per heavy atom. The number of rotatable bonds is 7. The van der Waals surface area contributed by atoms with E-state index in [0.29, 0.717) is 36.5 Å². The van der Waals surface area contributed by atoms with Crippen LogP contribution in [-0.4, -0.2) is 58.4 Å². The minimum atomic E-state index is -1.14. The number of carbonyl (C=O) groups is 2. The van der Waals surface area contributed by atoms with Gasteiger partial charge in [0.1, 0.15) is 11.3 Å². The summed E-state index contributed by atoms with van der Waals surface area (Å²) in [4.78, 5) is 26.2. The van der Waals surface area contributed by atoms with Crippen LogP contribution < -0.4 is 0 Å². The first-order valence-corrected chi connectivity index (χ1v) is 14.0. The van der Waals surface area contributed by atoms with Crippen LogP contribution in [-0.2, 0) is 16.3 Å². The van der Waals surface area contributed by atoms with Gasteiger partial charge in [0.2, 0.25) is 0 Å². The third-order valence-corrected chi connectivity index (χ3v) is 7.82. The quantitative estimate of drug-likeness (QED) is 0.500. The number of carbonyl (C=O) groups excluding carboxylic acids is 1. The van der Waals surface area contributed by atoms with Gasteiger partial charge in [-0.1, -0.05) is 19.6 Å². The summed E-state index contributed by atoms with van der Waals surface area (Å²) in [7, 11) is -1.14. The number of aromatic nitrogens is 2. The van der Waals surface area contributed by atoms with Crippen molar-refractivity contribution in [3.8, 4) is 0 Å². The summed E-state index contributed by atoms with van der Waals surface area (Å²) < 4.78 is 8.10. The lowest BCUT2D eigenvalue weighted by Crippen LogP contribution is -2.48. The summed E-state index contributed by atoms with van der Waals surface area (Å²) in [5.41, 5.74) is 0.390. The number of fused-ring (bicyclic) bond motifs is 2. The number of hydrogen-bond donors (Lipinski definition) is 1. The molecule has 150 valence electrons. The van der Waals surface area contributed by atoms with E-state index in [1.807, 2.05) is 4.90 Å². The van der Waals surface area contributed by atoms with Crippen molar-refractivity contribution in [2.75, 3.05) is 6.61 Å². The Balaban J connectivity index is 1.62. The van der Waals surface area contributed by atoms with Crippen molar-refractivity contribution >= 4 is 35.9 Å². The Morgan fingerprint density at radius 3 is 2.48 bits per heavy atom. The number of hydrogen-bond acceptors (Lipinski definition) is 4. The van der Waals surface area contributed by atoms with E-state index >= 15 is 0 Å². The van der Waals surface area contributed by atoms with E-state index in [4.69, 9.17) is 4.74 Å². The average molecular weight is 458 g/mol. The van der Waals surface area contributed by atoms with Crippen molar-refractivity contribution in [1.29, 1.82) is 0 Å². The summed E-state index contributed by atoms with van der Waals surface area (Å²) in [6, 6.07) is 2.83. The van der Waals surface area contributed by atoms with Crippen LogP contribution in [0.25, 0.3) is 0 Å². The molecular formula is C18H28BrN3O4Si. The van der Waals surface area contributed by atoms with E-state index in [1.165, 1.54) is 0 Å². The molecule has 7 nitrogen and oxygen atoms in total. The van der Waals surface area contributed by atoms with Crippen LogP contribution in [0.1, 0.15) is 36.2 Å². The maximum Gasteiger partial charge on any atom is 0.306 e. The van der Waals surface area contributed by atoms with Crippen LogP contribution in [0.4, 0.5) is 0 Å². The normalized spacial score (nSPS) is 25.0. The second-order valence-corrected chi connectivity index (χ2v) is 15.2. The highest BCUT2D eigenvalue weighted by atomic mass is 79.9. The number of ether oxygens (including phenoxy) is 1. The second kappa shape index (κ2) is 8.04. The second-order valence-electron chi connectivity index (χ2n) is 8.80. The molecule has 3 atom stereocenters. The maximum absolute atomic E-state index is 13.0. The molecule has 0 radical (unpaired) electrons. The first-order valence-electron chi connectivity index (χ1n) is 9.52. The minimum absolute atomic E-state index is 0.00858. The fourth-order valence-corrected chi connectivity index (χ4v) is 5.12. The van der Waals surface area contributed by atoms with Gasteiger partial charge in [0.25, 0.3) is 5.91 Å². The van der Waals surface area contributed by atoms with E-state index in [2.05, 4.69) is 40.7 Å². The van der Waals surface area contributed by atoms with Crippen LogP contribution in [0.2, 0.25) is 25.7 Å². The highest BCUT2D eigenvalue weighted by Crippen LogP contribution is 2.39. The lowest BCUT2D eigenvalue weighted by atomic mass is 9.90. The highest BCUT2D eigenvalue weighted by molar-refractivity contribution is 9.10. The molecule has 0 spiro atoms. The van der Waals surface area contributed by atoms with Crippen molar-refractivity contribution in [3.63, 3.8) is 0 Å². The van der Waals surface area contributed by atoms with Gasteiger partial charge in [-0.3, -0.25) is 9.59 Å². The number of aliphatic carboxylic acids is 1. The van der Waals surface area contributed by atoms with Crippen molar-refractivity contribution < 1.29 is 19.4 Å². The summed E-state index contributed by atoms with van der Waals surface area (Å²) in [5, 5.41) is 13.7. The first-order chi connectivity index (χ1) is 12.7. The molecule has 0 aliphatic carbocycles. The fraction of sp³-hybridized carbons (Fsp3) is 0.722. The number of halogens is 1. The van der Waals surface area contributed by atoms with E-state index in [-0.39, 0.29) is 23.9 Å². The molecule has 0 aromatic carbocycles. The Hall–Kier alpha value is -1.19. The van der Waals surface area contributed by atoms with E-state index in [1.54, 1.807) is 10.7 Å². The number of piperidine rings is 1. The Labute approximate surface area is 169 Å². The number of carboxylic acid groups (broad SMARTS) is 1. The fourth-order valence-electron chi connectivity index (χ4n) is 3.96. The highest BCUT2D eigenvalue weighted by Gasteiger charge is 2.45. The zero-order valence-electron chi connectivity index (χ0n) is 16.2. The molecule has 1 aromatic rings. The molecule has 1 amide bonds. The van der Waals surface area contributed by atoms with E-state index in [9.17, 15) is 14.7 Å². The number of amides is 1. The monoisotopic (exact) mass is 457 g/mol. The van der Waals surface area contributed by atoms with Gasteiger partial charge in [-0.25, -0.2) is 4.68 Å². The molecule has 27 heavy (non-hydrogen) atoms. The Morgan fingerprint density at radius 2 is 1.93 bits per heavy atom. The molecule has 2 unspecified atom stereocenters. The predicted molar refractivity (Wildman–Crippen MR) is 107 cm³/mol.